The molecule has 0 atom stereocenters. The van der Waals surface area contributed by atoms with Crippen molar-refractivity contribution in [3.8, 4) is 0 Å². The molecule has 24 heteroatoms. The summed E-state index contributed by atoms with van der Waals surface area (Å²) in [7, 11) is 0. The number of hydrogen-bond acceptors (Lipinski definition) is 24. The van der Waals surface area contributed by atoms with Gasteiger partial charge in [0.15, 0.2) is 19.4 Å². The molecule has 20 nitrogen and oxygen atoms in total. The van der Waals surface area contributed by atoms with E-state index in [0.29, 0.717) is 13.2 Å². The Bertz CT molecular complexity index is 1070. The molecule has 12 aliphatic heterocycles. The van der Waals surface area contributed by atoms with Crippen LogP contribution in [0.3, 0.4) is 0 Å². The highest BCUT2D eigenvalue weighted by atomic mass is 32.2. The molecule has 702 valence electrons. The van der Waals surface area contributed by atoms with E-state index in [0.717, 1.165) is 98.1 Å². The van der Waals surface area contributed by atoms with Crippen molar-refractivity contribution in [3.63, 3.8) is 0 Å². The molecule has 0 radical (unpaired) electrons. The van der Waals surface area contributed by atoms with Gasteiger partial charge in [0.1, 0.15) is 19.8 Å². The molecule has 12 heterocycles. The van der Waals surface area contributed by atoms with Gasteiger partial charge in [0.05, 0.1) is 43.5 Å². The molecule has 4 N–H and O–H groups in total. The van der Waals surface area contributed by atoms with Gasteiger partial charge in [-0.25, -0.2) is 14.2 Å². The quantitative estimate of drug-likeness (QED) is 0.166. The minimum absolute atomic E-state index is 0.580. The van der Waals surface area contributed by atoms with Crippen LogP contribution in [0.25, 0.3) is 0 Å². The molecule has 0 unspecified atom stereocenters. The second-order valence-electron chi connectivity index (χ2n) is 12.7. The van der Waals surface area contributed by atoms with E-state index in [-0.39, 0.29) is 0 Å². The van der Waals surface area contributed by atoms with Crippen molar-refractivity contribution < 1.29 is 23.9 Å². The minimum atomic E-state index is 0.580. The number of nitrogens with one attached hydrogen (secondary N) is 4. The third kappa shape index (κ3) is 326. The third-order valence-electron chi connectivity index (χ3n) is 7.18. The summed E-state index contributed by atoms with van der Waals surface area (Å²) in [4.78, 5) is 36.3. The van der Waals surface area contributed by atoms with Crippen LogP contribution >= 0.6 is 47.4 Å². The van der Waals surface area contributed by atoms with E-state index in [1.54, 1.807) is 66.3 Å². The Kier molecular flexibility index (Phi) is 518. The lowest BCUT2D eigenvalue weighted by Gasteiger charge is -2.02. The Balaban J connectivity index is -0.0000000332. The zero-order chi connectivity index (χ0) is 94.0. The van der Waals surface area contributed by atoms with E-state index in [4.69, 9.17) is 4.74 Å². The first-order valence-corrected chi connectivity index (χ1v) is 50.1. The molecule has 0 spiro atoms. The van der Waals surface area contributed by atoms with Crippen LogP contribution in [0.2, 0.25) is 0 Å². The van der Waals surface area contributed by atoms with Crippen LogP contribution in [-0.2, 0) is 23.9 Å². The Morgan fingerprint density at radius 3 is 0.796 bits per heavy atom. The average Bonchev–Trinajstić information content (AvgIpc) is 2.81. The molecule has 12 aliphatic rings. The second-order valence-corrected chi connectivity index (χ2v) is 16.4. The normalized spacial score (nSPS) is 12.8. The van der Waals surface area contributed by atoms with Crippen molar-refractivity contribution in [2.24, 2.45) is 54.1 Å². The highest BCUT2D eigenvalue weighted by Crippen LogP contribution is 2.09. The molecule has 0 aromatic heterocycles. The number of nitrogens with zero attached hydrogens (tertiary/aromatic N) is 11. The van der Waals surface area contributed by atoms with Gasteiger partial charge in [0, 0.05) is 113 Å². The topological polar surface area (TPSA) is 230 Å². The monoisotopic (exact) mass is 1700 g/mol. The van der Waals surface area contributed by atoms with Gasteiger partial charge in [-0.2, -0.15) is 0 Å². The predicted molar refractivity (Wildman–Crippen MR) is 557 cm³/mol. The molecule has 12 rings (SSSR count). The fourth-order valence-electron chi connectivity index (χ4n) is 4.04. The lowest BCUT2D eigenvalue weighted by atomic mass is 10.4. The van der Waals surface area contributed by atoms with Crippen LogP contribution in [-0.4, -0.2) is 189 Å². The summed E-state index contributed by atoms with van der Waals surface area (Å²) in [5.74, 6) is 4.88. The summed E-state index contributed by atoms with van der Waals surface area (Å²) in [6.07, 6.45) is 30.1. The fraction of sp³-hybridized carbons (Fsp3) is 0.854. The zero-order valence-corrected chi connectivity index (χ0v) is 89.2. The Hall–Kier alpha value is -4.13. The van der Waals surface area contributed by atoms with Crippen LogP contribution < -0.4 is 21.5 Å². The summed E-state index contributed by atoms with van der Waals surface area (Å²) >= 11 is 6.89. The summed E-state index contributed by atoms with van der Waals surface area (Å²) in [6, 6.07) is 0. The van der Waals surface area contributed by atoms with E-state index >= 15 is 0 Å². The van der Waals surface area contributed by atoms with Crippen molar-refractivity contribution in [2.75, 3.05) is 121 Å². The third-order valence-corrected chi connectivity index (χ3v) is 10.2. The van der Waals surface area contributed by atoms with Gasteiger partial charge in [0.2, 0.25) is 6.40 Å². The number of thioether (sulfide) groups is 2. The van der Waals surface area contributed by atoms with Crippen LogP contribution in [0.15, 0.2) is 66.3 Å². The number of oxime groups is 2. The smallest absolute Gasteiger partial charge is 0.212 e. The molecule has 0 bridgehead atoms. The molecular formula is C89H217N15O5S4. The van der Waals surface area contributed by atoms with Crippen LogP contribution in [0.4, 0.5) is 0 Å². The van der Waals surface area contributed by atoms with E-state index in [1.807, 2.05) is 374 Å². The van der Waals surface area contributed by atoms with Gasteiger partial charge in [-0.1, -0.05) is 349 Å². The number of ether oxygens (including phenoxy) is 3. The number of hydrazine groups is 1. The maximum Gasteiger partial charge on any atom is 0.212 e. The van der Waals surface area contributed by atoms with Crippen molar-refractivity contribution in [1.82, 2.24) is 21.5 Å². The van der Waals surface area contributed by atoms with E-state index in [2.05, 4.69) is 94.7 Å². The number of aliphatic imine (C=N–C) groups is 7. The summed E-state index contributed by atoms with van der Waals surface area (Å²) in [5, 5.41) is 12.7. The lowest BCUT2D eigenvalue weighted by molar-refractivity contribution is 0.0719. The Morgan fingerprint density at radius 2 is 0.690 bits per heavy atom. The van der Waals surface area contributed by atoms with Gasteiger partial charge in [-0.05, 0) is 75.1 Å². The first-order chi connectivity index (χ1) is 56.5. The summed E-state index contributed by atoms with van der Waals surface area (Å²) in [6.45, 7) is 110. The maximum atomic E-state index is 4.78. The first kappa shape index (κ1) is 176. The highest BCUT2D eigenvalue weighted by molar-refractivity contribution is 8.12. The molecule has 113 heavy (non-hydrogen) atoms. The Labute approximate surface area is 734 Å². The molecular weight excluding hydrogens is 1490 g/mol. The summed E-state index contributed by atoms with van der Waals surface area (Å²) in [5.41, 5.74) is 9.49. The molecule has 0 amide bonds. The molecule has 0 aromatic carbocycles. The van der Waals surface area contributed by atoms with Crippen molar-refractivity contribution >= 4 is 115 Å². The number of hydrogen-bond donors (Lipinski definition) is 4. The van der Waals surface area contributed by atoms with E-state index < -0.39 is 0 Å². The summed E-state index contributed by atoms with van der Waals surface area (Å²) < 4.78 is 21.9. The van der Waals surface area contributed by atoms with Gasteiger partial charge >= 0.3 is 0 Å². The van der Waals surface area contributed by atoms with Gasteiger partial charge in [0.25, 0.3) is 0 Å². The fourth-order valence-corrected chi connectivity index (χ4v) is 6.32. The van der Waals surface area contributed by atoms with E-state index in [9.17, 15) is 0 Å². The van der Waals surface area contributed by atoms with E-state index in [1.165, 1.54) is 87.2 Å². The average molecular weight is 1710 g/mol. The first-order valence-electron chi connectivity index (χ1n) is 46.1. The van der Waals surface area contributed by atoms with Gasteiger partial charge < -0.3 is 39.9 Å². The maximum absolute atomic E-state index is 4.78. The van der Waals surface area contributed by atoms with Gasteiger partial charge in [-0.3, -0.25) is 34.9 Å². The van der Waals surface area contributed by atoms with Crippen molar-refractivity contribution in [2.45, 2.75) is 390 Å². The number of rotatable bonds is 0. The minimum Gasteiger partial charge on any atom is -0.483 e. The largest absolute Gasteiger partial charge is 0.483 e. The molecule has 0 fully saturated rings. The van der Waals surface area contributed by atoms with Crippen molar-refractivity contribution in [1.29, 1.82) is 0 Å². The van der Waals surface area contributed by atoms with Crippen molar-refractivity contribution in [3.05, 3.63) is 12.3 Å². The standard InChI is InChI=1S/C4H8N2.C4H7NO.2C4H7NS.C4H7N.2C3H6N2.C3H5NO2.2C3H5NO.2C3H5NS.24C2H6/c3*1-2-5-4-6-3-1;1-2-4-6-5-3-1;1-2-4-5-3-1;1-2-5-3-4-1;1-2-4-5-3-1;1-2-6-4-3-5-1;1-2-5-3-4-1;1-2-4-5-3-1;1-2-5-3-4-1;1-2-4-5-3-1;24*1-2/h4H,1-3H2,(H,5,6);2*4H,1-3H2;3H,1-2,4H2;3H,1-2,4H2;3H,1-2H2,(H,4,5);1-2,4-5H,3H2;3H,1-2H2;3H,1-2H2;2H,1,3H2;3H,1-2H2;2H,1,3H2;24*1-2H3. The predicted octanol–water partition coefficient (Wildman–Crippen LogP) is 30.1. The molecule has 0 saturated heterocycles. The zero-order valence-electron chi connectivity index (χ0n) is 85.9. The Morgan fingerprint density at radius 1 is 0.274 bits per heavy atom. The SMILES string of the molecule is C1=CNNC1.C1=NCCC1.C1=NCCCN1.C1=NCCCO1.C1=NCCCS1.C1=NCCN1.C1=NCCO1.C1=NCCS1.C1=NOCC1.C1=NOCCO1.C1=NSCC1.C1=NSCCC1.CC.CC.CC.CC.CC.CC.CC.CC.CC.CC.CC.CC.CC.CC.CC.CC.CC.CC.CC.CC.CC.CC.CC.CC. The van der Waals surface area contributed by atoms with Crippen LogP contribution in [0.5, 0.6) is 0 Å². The van der Waals surface area contributed by atoms with Crippen LogP contribution in [0, 0.1) is 0 Å². The molecule has 0 aromatic rings. The lowest BCUT2D eigenvalue weighted by Crippen LogP contribution is -2.19. The van der Waals surface area contributed by atoms with Crippen LogP contribution in [0.1, 0.15) is 390 Å². The second kappa shape index (κ2) is 333. The molecule has 0 aliphatic carbocycles. The molecule has 0 saturated carbocycles. The van der Waals surface area contributed by atoms with Gasteiger partial charge in [-0.15, -0.1) is 23.5 Å². The highest BCUT2D eigenvalue weighted by Gasteiger charge is 1.92.